The molecule has 0 unspecified atom stereocenters. The fraction of sp³-hybridized carbons (Fsp3) is 0.528. The Morgan fingerprint density at radius 3 is 2.40 bits per heavy atom. The lowest BCUT2D eigenvalue weighted by atomic mass is 9.87. The number of anilines is 1. The van der Waals surface area contributed by atoms with E-state index >= 15 is 0 Å². The Balaban J connectivity index is 1.38. The first-order chi connectivity index (χ1) is 20.8. The van der Waals surface area contributed by atoms with Crippen molar-refractivity contribution < 1.29 is 4.79 Å². The zero-order valence-electron chi connectivity index (χ0n) is 26.0. The van der Waals surface area contributed by atoms with Gasteiger partial charge in [-0.05, 0) is 100 Å². The molecule has 2 aliphatic rings. The average Bonchev–Trinajstić information content (AvgIpc) is 2.99. The van der Waals surface area contributed by atoms with Crippen molar-refractivity contribution in [2.45, 2.75) is 110 Å². The zero-order valence-corrected chi connectivity index (χ0v) is 26.0. The summed E-state index contributed by atoms with van der Waals surface area (Å²) < 4.78 is 1.88. The van der Waals surface area contributed by atoms with Crippen LogP contribution in [0.1, 0.15) is 96.5 Å². The molecule has 1 aliphatic carbocycles. The number of hydrogen-bond acceptors (Lipinski definition) is 4. The molecule has 4 N–H and O–H groups in total. The van der Waals surface area contributed by atoms with Gasteiger partial charge in [0.25, 0.3) is 5.56 Å². The molecular weight excluding hydrogens is 534 g/mol. The molecule has 2 heterocycles. The molecule has 230 valence electrons. The number of nitrogens with zero attached hydrogens (tertiary/aromatic N) is 2. The van der Waals surface area contributed by atoms with E-state index in [4.69, 9.17) is 11.1 Å². The van der Waals surface area contributed by atoms with E-state index in [1.54, 1.807) is 6.07 Å². The van der Waals surface area contributed by atoms with Gasteiger partial charge in [0.15, 0.2) is 0 Å². The van der Waals surface area contributed by atoms with Gasteiger partial charge < -0.3 is 15.6 Å². The number of piperidine rings is 1. The number of carbonyl (C=O) groups excluding carboxylic acids is 1. The number of nitrogen functional groups attached to an aromatic ring is 1. The van der Waals surface area contributed by atoms with Gasteiger partial charge in [0, 0.05) is 41.9 Å². The van der Waals surface area contributed by atoms with Crippen LogP contribution in [0, 0.1) is 11.3 Å². The first-order valence-corrected chi connectivity index (χ1v) is 16.5. The number of nitrogens with two attached hydrogens (primary N) is 1. The number of unbranched alkanes of at least 4 members (excludes halogenated alkanes) is 2. The Hall–Kier alpha value is -3.45. The summed E-state index contributed by atoms with van der Waals surface area (Å²) in [4.78, 5) is 29.6. The largest absolute Gasteiger partial charge is 0.384 e. The number of aromatic nitrogens is 1. The number of benzene rings is 2. The summed E-state index contributed by atoms with van der Waals surface area (Å²) in [5.41, 5.74) is 9.23. The van der Waals surface area contributed by atoms with E-state index in [0.717, 1.165) is 60.8 Å². The lowest BCUT2D eigenvalue weighted by molar-refractivity contribution is -0.117. The zero-order chi connectivity index (χ0) is 30.3. The van der Waals surface area contributed by atoms with Crippen LogP contribution < -0.4 is 16.6 Å². The van der Waals surface area contributed by atoms with Crippen molar-refractivity contribution in [3.63, 3.8) is 0 Å². The highest BCUT2D eigenvalue weighted by Crippen LogP contribution is 2.28. The van der Waals surface area contributed by atoms with Gasteiger partial charge in [-0.3, -0.25) is 19.9 Å². The van der Waals surface area contributed by atoms with Crippen LogP contribution in [-0.2, 0) is 11.3 Å². The highest BCUT2D eigenvalue weighted by Gasteiger charge is 2.24. The summed E-state index contributed by atoms with van der Waals surface area (Å²) in [6.07, 6.45) is 13.5. The molecule has 2 atom stereocenters. The van der Waals surface area contributed by atoms with Gasteiger partial charge in [0.05, 0.1) is 5.52 Å². The van der Waals surface area contributed by atoms with Crippen LogP contribution in [-0.4, -0.2) is 39.8 Å². The van der Waals surface area contributed by atoms with Gasteiger partial charge in [-0.25, -0.2) is 0 Å². The third-order valence-electron chi connectivity index (χ3n) is 9.74. The van der Waals surface area contributed by atoms with Crippen LogP contribution in [0.5, 0.6) is 0 Å². The van der Waals surface area contributed by atoms with Gasteiger partial charge in [0.1, 0.15) is 5.84 Å². The number of fused-ring (bicyclic) bond motifs is 1. The number of hydrogen-bond donors (Lipinski definition) is 3. The monoisotopic (exact) mass is 583 g/mol. The standard InChI is InChI=1S/C36H49N5O2/c1-25-11-9-12-26(2)40(25)19-7-4-8-20-41-33-24-31(39-34(42)21-27-13-5-3-6-14-27)18-17-29(33)23-32(36(41)43)28-15-10-16-30(22-28)35(37)38/h10,15-18,22-27H,3-9,11-14,19-21H2,1-2H3,(H3,37,38)(H,39,42)/t25-,26+. The van der Waals surface area contributed by atoms with Crippen LogP contribution >= 0.6 is 0 Å². The Bertz CT molecular complexity index is 1480. The van der Waals surface area contributed by atoms with E-state index in [-0.39, 0.29) is 17.3 Å². The molecule has 1 saturated heterocycles. The Labute approximate surface area is 256 Å². The van der Waals surface area contributed by atoms with Gasteiger partial charge in [-0.2, -0.15) is 0 Å². The van der Waals surface area contributed by atoms with Crippen LogP contribution in [0.4, 0.5) is 5.69 Å². The van der Waals surface area contributed by atoms with Crippen molar-refractivity contribution in [3.8, 4) is 11.1 Å². The molecule has 0 spiro atoms. The number of pyridine rings is 1. The summed E-state index contributed by atoms with van der Waals surface area (Å²) in [6, 6.07) is 16.5. The molecule has 1 saturated carbocycles. The molecule has 7 heteroatoms. The van der Waals surface area contributed by atoms with E-state index in [1.165, 1.54) is 38.5 Å². The molecule has 0 radical (unpaired) electrons. The third kappa shape index (κ3) is 7.74. The van der Waals surface area contributed by atoms with E-state index in [0.29, 0.717) is 42.1 Å². The summed E-state index contributed by atoms with van der Waals surface area (Å²) in [5.74, 6) is 0.504. The van der Waals surface area contributed by atoms with E-state index in [1.807, 2.05) is 47.0 Å². The van der Waals surface area contributed by atoms with Crippen molar-refractivity contribution in [2.75, 3.05) is 11.9 Å². The summed E-state index contributed by atoms with van der Waals surface area (Å²) in [5, 5.41) is 11.9. The third-order valence-corrected chi connectivity index (χ3v) is 9.74. The molecule has 1 aromatic heterocycles. The molecule has 2 aromatic carbocycles. The molecule has 7 nitrogen and oxygen atoms in total. The molecule has 0 bridgehead atoms. The van der Waals surface area contributed by atoms with Crippen molar-refractivity contribution in [2.24, 2.45) is 11.7 Å². The highest BCUT2D eigenvalue weighted by molar-refractivity contribution is 5.97. The van der Waals surface area contributed by atoms with Crippen LogP contribution in [0.25, 0.3) is 22.0 Å². The maximum atomic E-state index is 14.0. The topological polar surface area (TPSA) is 104 Å². The minimum atomic E-state index is -0.0582. The van der Waals surface area contributed by atoms with Gasteiger partial charge in [0.2, 0.25) is 5.91 Å². The second kappa shape index (κ2) is 14.3. The second-order valence-electron chi connectivity index (χ2n) is 13.0. The number of nitrogens with one attached hydrogen (secondary N) is 2. The molecular formula is C36H49N5O2. The number of amides is 1. The van der Waals surface area contributed by atoms with Crippen LogP contribution in [0.15, 0.2) is 53.3 Å². The second-order valence-corrected chi connectivity index (χ2v) is 13.0. The Morgan fingerprint density at radius 2 is 1.65 bits per heavy atom. The van der Waals surface area contributed by atoms with Crippen molar-refractivity contribution in [1.29, 1.82) is 5.41 Å². The lowest BCUT2D eigenvalue weighted by Crippen LogP contribution is -2.44. The SMILES string of the molecule is C[C@@H]1CCC[C@H](C)N1CCCCCn1c(=O)c(-c2cccc(C(=N)N)c2)cc2ccc(NC(=O)CC3CCCCC3)cc21. The highest BCUT2D eigenvalue weighted by atomic mass is 16.1. The lowest BCUT2D eigenvalue weighted by Gasteiger charge is -2.39. The summed E-state index contributed by atoms with van der Waals surface area (Å²) in [7, 11) is 0. The van der Waals surface area contributed by atoms with E-state index < -0.39 is 0 Å². The number of rotatable bonds is 11. The minimum absolute atomic E-state index is 0.0195. The Kier molecular flexibility index (Phi) is 10.3. The Morgan fingerprint density at radius 1 is 0.907 bits per heavy atom. The average molecular weight is 584 g/mol. The summed E-state index contributed by atoms with van der Waals surface area (Å²) in [6.45, 7) is 6.41. The van der Waals surface area contributed by atoms with Crippen molar-refractivity contribution in [3.05, 3.63) is 64.4 Å². The summed E-state index contributed by atoms with van der Waals surface area (Å²) >= 11 is 0. The normalized spacial score (nSPS) is 19.9. The number of likely N-dealkylation sites (tertiary alicyclic amines) is 1. The van der Waals surface area contributed by atoms with E-state index in [9.17, 15) is 9.59 Å². The molecule has 3 aromatic rings. The maximum Gasteiger partial charge on any atom is 0.258 e. The minimum Gasteiger partial charge on any atom is -0.384 e. The first-order valence-electron chi connectivity index (χ1n) is 16.5. The van der Waals surface area contributed by atoms with Gasteiger partial charge in [-0.1, -0.05) is 56.4 Å². The molecule has 1 amide bonds. The fourth-order valence-electron chi connectivity index (χ4n) is 7.25. The van der Waals surface area contributed by atoms with E-state index in [2.05, 4.69) is 24.1 Å². The van der Waals surface area contributed by atoms with Gasteiger partial charge in [-0.15, -0.1) is 0 Å². The number of carbonyl (C=O) groups is 1. The van der Waals surface area contributed by atoms with Crippen molar-refractivity contribution >= 4 is 28.3 Å². The molecule has 5 rings (SSSR count). The maximum absolute atomic E-state index is 14.0. The predicted octanol–water partition coefficient (Wildman–Crippen LogP) is 7.29. The fourth-order valence-corrected chi connectivity index (χ4v) is 7.25. The smallest absolute Gasteiger partial charge is 0.258 e. The van der Waals surface area contributed by atoms with Crippen molar-refractivity contribution in [1.82, 2.24) is 9.47 Å². The van der Waals surface area contributed by atoms with Crippen LogP contribution in [0.2, 0.25) is 0 Å². The first kappa shape index (κ1) is 31.0. The number of amidine groups is 1. The molecule has 2 fully saturated rings. The quantitative estimate of drug-likeness (QED) is 0.125. The molecule has 43 heavy (non-hydrogen) atoms. The molecule has 1 aliphatic heterocycles. The van der Waals surface area contributed by atoms with Crippen LogP contribution in [0.3, 0.4) is 0 Å². The number of aryl methyl sites for hydroxylation is 1. The predicted molar refractivity (Wildman–Crippen MR) is 178 cm³/mol. The van der Waals surface area contributed by atoms with Gasteiger partial charge >= 0.3 is 0 Å².